The molecule has 0 spiro atoms. The number of aliphatic hydroxyl groups is 1. The van der Waals surface area contributed by atoms with Gasteiger partial charge in [0.2, 0.25) is 0 Å². The Kier molecular flexibility index (Phi) is 1.41. The molecule has 0 aromatic carbocycles. The van der Waals surface area contributed by atoms with Crippen LogP contribution in [0.3, 0.4) is 0 Å². The van der Waals surface area contributed by atoms with Crippen LogP contribution in [0.1, 0.15) is 6.92 Å². The molecule has 0 aliphatic carbocycles. The van der Waals surface area contributed by atoms with Crippen molar-refractivity contribution >= 4 is 17.8 Å². The molecule has 1 aliphatic heterocycles. The van der Waals surface area contributed by atoms with Gasteiger partial charge in [-0.2, -0.15) is 0 Å². The minimum atomic E-state index is -1.92. The van der Waals surface area contributed by atoms with E-state index in [0.29, 0.717) is 0 Å². The van der Waals surface area contributed by atoms with Crippen molar-refractivity contribution in [1.82, 2.24) is 10.6 Å². The van der Waals surface area contributed by atoms with E-state index in [4.69, 9.17) is 5.41 Å². The summed E-state index contributed by atoms with van der Waals surface area (Å²) in [5, 5.41) is 20.0. The zero-order valence-electron chi connectivity index (χ0n) is 5.76. The Bertz CT molecular complexity index is 223. The molecule has 4 N–H and O–H groups in total. The van der Waals surface area contributed by atoms with Crippen LogP contribution in [0, 0.1) is 5.41 Å². The number of nitrogens with one attached hydrogen (secondary N) is 3. The standard InChI is InChI=1S/C5H7N3O3/c1-5(11)2(6)7-4(10)8-3(5)9/h11H,1H3,(H3,6,7,8,9,10). The Hall–Kier alpha value is -1.43. The second-order valence-corrected chi connectivity index (χ2v) is 2.36. The summed E-state index contributed by atoms with van der Waals surface area (Å²) in [6.45, 7) is 1.13. The van der Waals surface area contributed by atoms with Crippen molar-refractivity contribution in [2.24, 2.45) is 0 Å². The molecule has 6 heteroatoms. The quantitative estimate of drug-likeness (QED) is 0.346. The van der Waals surface area contributed by atoms with Crippen molar-refractivity contribution < 1.29 is 14.7 Å². The average Bonchev–Trinajstić information content (AvgIpc) is 1.84. The fourth-order valence-corrected chi connectivity index (χ4v) is 0.605. The highest BCUT2D eigenvalue weighted by Gasteiger charge is 2.41. The number of carbonyl (C=O) groups excluding carboxylic acids is 2. The highest BCUT2D eigenvalue weighted by atomic mass is 16.3. The van der Waals surface area contributed by atoms with Gasteiger partial charge in [0.25, 0.3) is 5.91 Å². The molecule has 0 aromatic rings. The van der Waals surface area contributed by atoms with Gasteiger partial charge in [0.15, 0.2) is 5.60 Å². The van der Waals surface area contributed by atoms with Gasteiger partial charge in [-0.1, -0.05) is 0 Å². The number of hydrogen-bond acceptors (Lipinski definition) is 4. The smallest absolute Gasteiger partial charge is 0.326 e. The van der Waals surface area contributed by atoms with Gasteiger partial charge in [0.1, 0.15) is 5.84 Å². The Balaban J connectivity index is 2.93. The third-order valence-electron chi connectivity index (χ3n) is 1.39. The summed E-state index contributed by atoms with van der Waals surface area (Å²) < 4.78 is 0. The molecule has 0 saturated carbocycles. The van der Waals surface area contributed by atoms with Crippen LogP contribution < -0.4 is 10.6 Å². The van der Waals surface area contributed by atoms with Crippen LogP contribution in [0.5, 0.6) is 0 Å². The Labute approximate surface area is 62.1 Å². The zero-order chi connectivity index (χ0) is 8.65. The number of rotatable bonds is 0. The maximum absolute atomic E-state index is 10.8. The van der Waals surface area contributed by atoms with Gasteiger partial charge >= 0.3 is 6.03 Å². The number of imide groups is 1. The summed E-state index contributed by atoms with van der Waals surface area (Å²) in [7, 11) is 0. The van der Waals surface area contributed by atoms with Gasteiger partial charge in [-0.25, -0.2) is 4.79 Å². The number of urea groups is 1. The second kappa shape index (κ2) is 2.03. The van der Waals surface area contributed by atoms with E-state index >= 15 is 0 Å². The summed E-state index contributed by atoms with van der Waals surface area (Å²) in [4.78, 5) is 21.3. The monoisotopic (exact) mass is 157 g/mol. The van der Waals surface area contributed by atoms with Crippen molar-refractivity contribution in [1.29, 1.82) is 5.41 Å². The predicted molar refractivity (Wildman–Crippen MR) is 35.0 cm³/mol. The molecule has 1 heterocycles. The third kappa shape index (κ3) is 1.07. The molecule has 1 aliphatic rings. The molecule has 1 rings (SSSR count). The predicted octanol–water partition coefficient (Wildman–Crippen LogP) is -1.45. The molecule has 0 aromatic heterocycles. The summed E-state index contributed by atoms with van der Waals surface area (Å²) in [6.07, 6.45) is 0. The molecule has 1 fully saturated rings. The third-order valence-corrected chi connectivity index (χ3v) is 1.39. The summed E-state index contributed by atoms with van der Waals surface area (Å²) in [5.41, 5.74) is -1.92. The fraction of sp³-hybridized carbons (Fsp3) is 0.400. The van der Waals surface area contributed by atoms with E-state index in [1.807, 2.05) is 10.6 Å². The molecule has 6 nitrogen and oxygen atoms in total. The SMILES string of the molecule is CC1(O)C(=N)NC(=O)NC1=O. The summed E-state index contributed by atoms with van der Waals surface area (Å²) in [5.74, 6) is -1.39. The van der Waals surface area contributed by atoms with Crippen LogP contribution in [0.15, 0.2) is 0 Å². The van der Waals surface area contributed by atoms with Gasteiger partial charge in [0, 0.05) is 0 Å². The molecule has 3 amide bonds. The van der Waals surface area contributed by atoms with Crippen molar-refractivity contribution in [3.63, 3.8) is 0 Å². The first-order valence-electron chi connectivity index (χ1n) is 2.88. The lowest BCUT2D eigenvalue weighted by Crippen LogP contribution is -2.64. The Morgan fingerprint density at radius 2 is 2.00 bits per heavy atom. The van der Waals surface area contributed by atoms with E-state index in [2.05, 4.69) is 0 Å². The number of amidine groups is 1. The van der Waals surface area contributed by atoms with E-state index in [-0.39, 0.29) is 0 Å². The minimum Gasteiger partial charge on any atom is -0.373 e. The lowest BCUT2D eigenvalue weighted by Gasteiger charge is -2.27. The van der Waals surface area contributed by atoms with Crippen LogP contribution in [-0.2, 0) is 4.79 Å². The van der Waals surface area contributed by atoms with Gasteiger partial charge in [-0.05, 0) is 6.92 Å². The van der Waals surface area contributed by atoms with E-state index in [9.17, 15) is 14.7 Å². The molecular weight excluding hydrogens is 150 g/mol. The highest BCUT2D eigenvalue weighted by molar-refractivity contribution is 6.21. The summed E-state index contributed by atoms with van der Waals surface area (Å²) in [6, 6.07) is -0.786. The maximum Gasteiger partial charge on any atom is 0.326 e. The molecule has 1 saturated heterocycles. The van der Waals surface area contributed by atoms with Crippen LogP contribution >= 0.6 is 0 Å². The highest BCUT2D eigenvalue weighted by Crippen LogP contribution is 2.06. The molecule has 0 radical (unpaired) electrons. The topological polar surface area (TPSA) is 102 Å². The first kappa shape index (κ1) is 7.67. The summed E-state index contributed by atoms with van der Waals surface area (Å²) >= 11 is 0. The van der Waals surface area contributed by atoms with Crippen molar-refractivity contribution in [3.05, 3.63) is 0 Å². The molecule has 0 bridgehead atoms. The maximum atomic E-state index is 10.8. The van der Waals surface area contributed by atoms with Crippen LogP contribution in [0.4, 0.5) is 4.79 Å². The molecule has 1 atom stereocenters. The first-order chi connectivity index (χ1) is 4.94. The van der Waals surface area contributed by atoms with Gasteiger partial charge < -0.3 is 5.11 Å². The Morgan fingerprint density at radius 3 is 2.45 bits per heavy atom. The van der Waals surface area contributed by atoms with Crippen molar-refractivity contribution in [2.45, 2.75) is 12.5 Å². The van der Waals surface area contributed by atoms with Crippen LogP contribution in [-0.4, -0.2) is 28.5 Å². The number of carbonyl (C=O) groups is 2. The zero-order valence-corrected chi connectivity index (χ0v) is 5.76. The lowest BCUT2D eigenvalue weighted by atomic mass is 10.0. The second-order valence-electron chi connectivity index (χ2n) is 2.36. The van der Waals surface area contributed by atoms with E-state index in [1.165, 1.54) is 0 Å². The lowest BCUT2D eigenvalue weighted by molar-refractivity contribution is -0.131. The molecule has 1 unspecified atom stereocenters. The number of hydrogen-bond donors (Lipinski definition) is 4. The first-order valence-corrected chi connectivity index (χ1v) is 2.88. The van der Waals surface area contributed by atoms with E-state index in [1.54, 1.807) is 0 Å². The van der Waals surface area contributed by atoms with Crippen molar-refractivity contribution in [2.75, 3.05) is 0 Å². The van der Waals surface area contributed by atoms with E-state index in [0.717, 1.165) is 6.92 Å². The Morgan fingerprint density at radius 1 is 1.45 bits per heavy atom. The van der Waals surface area contributed by atoms with Gasteiger partial charge in [0.05, 0.1) is 0 Å². The number of amides is 3. The van der Waals surface area contributed by atoms with Crippen molar-refractivity contribution in [3.8, 4) is 0 Å². The van der Waals surface area contributed by atoms with E-state index < -0.39 is 23.4 Å². The molecule has 11 heavy (non-hydrogen) atoms. The normalized spacial score (nSPS) is 31.3. The van der Waals surface area contributed by atoms with Crippen LogP contribution in [0.2, 0.25) is 0 Å². The molecular formula is C5H7N3O3. The van der Waals surface area contributed by atoms with Gasteiger partial charge in [-0.15, -0.1) is 0 Å². The fourth-order valence-electron chi connectivity index (χ4n) is 0.605. The molecule has 60 valence electrons. The minimum absolute atomic E-state index is 0.508. The van der Waals surface area contributed by atoms with Gasteiger partial charge in [-0.3, -0.25) is 20.8 Å². The van der Waals surface area contributed by atoms with Crippen LogP contribution in [0.25, 0.3) is 0 Å². The largest absolute Gasteiger partial charge is 0.373 e. The average molecular weight is 157 g/mol.